The van der Waals surface area contributed by atoms with Gasteiger partial charge in [0, 0.05) is 0 Å². The molecule has 2 saturated carbocycles. The fraction of sp³-hybridized carbons (Fsp3) is 0.800. The maximum atomic E-state index is 10.8. The predicted octanol–water partition coefficient (Wildman–Crippen LogP) is 7.23. The Morgan fingerprint density at radius 1 is 1.09 bits per heavy atom. The highest BCUT2D eigenvalue weighted by Gasteiger charge is 2.62. The maximum Gasteiger partial charge on any atom is 0.0639 e. The topological polar surface area (TPSA) is 40.5 Å². The molecule has 4 rings (SSSR count). The van der Waals surface area contributed by atoms with E-state index in [1.54, 1.807) is 11.1 Å². The molecule has 0 radical (unpaired) electrons. The van der Waals surface area contributed by atoms with Crippen molar-refractivity contribution in [1.29, 1.82) is 0 Å². The Kier molecular flexibility index (Phi) is 6.16. The fourth-order valence-corrected chi connectivity index (χ4v) is 8.80. The minimum atomic E-state index is -0.180. The molecule has 0 aromatic carbocycles. The Labute approximate surface area is 197 Å². The molecule has 2 fully saturated rings. The lowest BCUT2D eigenvalue weighted by Gasteiger charge is -2.61. The molecule has 0 amide bonds. The van der Waals surface area contributed by atoms with Crippen molar-refractivity contribution in [2.75, 3.05) is 6.61 Å². The summed E-state index contributed by atoms with van der Waals surface area (Å²) in [5, 5.41) is 20.1. The Bertz CT molecular complexity index is 832. The van der Waals surface area contributed by atoms with Crippen LogP contribution in [-0.2, 0) is 0 Å². The van der Waals surface area contributed by atoms with Crippen molar-refractivity contribution in [3.63, 3.8) is 0 Å². The number of aliphatic hydroxyl groups excluding tert-OH is 2. The first-order valence-electron chi connectivity index (χ1n) is 13.3. The van der Waals surface area contributed by atoms with Gasteiger partial charge in [0.25, 0.3) is 0 Å². The number of hydrogen-bond acceptors (Lipinski definition) is 2. The Balaban J connectivity index is 1.63. The number of hydrogen-bond donors (Lipinski definition) is 2. The third kappa shape index (κ3) is 3.34. The van der Waals surface area contributed by atoms with Gasteiger partial charge in [-0.1, -0.05) is 65.3 Å². The summed E-state index contributed by atoms with van der Waals surface area (Å²) in [7, 11) is 0. The van der Waals surface area contributed by atoms with Crippen LogP contribution in [0.25, 0.3) is 0 Å². The first-order valence-corrected chi connectivity index (χ1v) is 13.3. The van der Waals surface area contributed by atoms with Crippen LogP contribution in [0.15, 0.2) is 34.9 Å². The van der Waals surface area contributed by atoms with E-state index >= 15 is 0 Å². The molecule has 0 saturated heterocycles. The third-order valence-corrected chi connectivity index (χ3v) is 11.3. The Morgan fingerprint density at radius 2 is 1.81 bits per heavy atom. The van der Waals surface area contributed by atoms with E-state index in [-0.39, 0.29) is 29.0 Å². The molecule has 2 nitrogen and oxygen atoms in total. The van der Waals surface area contributed by atoms with E-state index in [4.69, 9.17) is 0 Å². The highest BCUT2D eigenvalue weighted by Crippen LogP contribution is 2.71. The van der Waals surface area contributed by atoms with Gasteiger partial charge in [0.15, 0.2) is 0 Å². The molecular weight excluding hydrogens is 392 g/mol. The van der Waals surface area contributed by atoms with Gasteiger partial charge in [-0.15, -0.1) is 0 Å². The van der Waals surface area contributed by atoms with E-state index in [9.17, 15) is 10.2 Å². The summed E-state index contributed by atoms with van der Waals surface area (Å²) in [6.07, 6.45) is 16.6. The summed E-state index contributed by atoms with van der Waals surface area (Å²) >= 11 is 0. The van der Waals surface area contributed by atoms with Gasteiger partial charge in [0.1, 0.15) is 0 Å². The molecule has 0 aromatic rings. The van der Waals surface area contributed by atoms with Gasteiger partial charge in [0.2, 0.25) is 0 Å². The van der Waals surface area contributed by atoms with Gasteiger partial charge >= 0.3 is 0 Å². The van der Waals surface area contributed by atoms with E-state index in [1.165, 1.54) is 25.7 Å². The van der Waals surface area contributed by atoms with E-state index in [2.05, 4.69) is 59.8 Å². The SMILES string of the molecule is CC(=CCCC(C)C1CC[C@@]2(C)C3=CC[C@H]4C(C)(C)C(O)CC[C@]4(C)C3=CC[C@]12C)CO. The number of rotatable bonds is 5. The number of allylic oxidation sites excluding steroid dienone is 5. The van der Waals surface area contributed by atoms with Gasteiger partial charge in [0.05, 0.1) is 12.7 Å². The molecule has 2 N–H and O–H groups in total. The second-order valence-corrected chi connectivity index (χ2v) is 13.2. The Morgan fingerprint density at radius 3 is 2.50 bits per heavy atom. The van der Waals surface area contributed by atoms with Crippen molar-refractivity contribution >= 4 is 0 Å². The normalized spacial score (nSPS) is 44.2. The molecule has 0 aromatic heterocycles. The molecule has 0 aliphatic heterocycles. The zero-order valence-corrected chi connectivity index (χ0v) is 21.8. The van der Waals surface area contributed by atoms with Crippen molar-refractivity contribution in [3.8, 4) is 0 Å². The second kappa shape index (κ2) is 8.12. The lowest BCUT2D eigenvalue weighted by atomic mass is 9.44. The highest BCUT2D eigenvalue weighted by molar-refractivity contribution is 5.49. The predicted molar refractivity (Wildman–Crippen MR) is 134 cm³/mol. The first kappa shape index (κ1) is 24.3. The maximum absolute atomic E-state index is 10.8. The third-order valence-electron chi connectivity index (χ3n) is 11.3. The summed E-state index contributed by atoms with van der Waals surface area (Å²) in [6.45, 7) is 17.0. The molecular formula is C30H48O2. The zero-order valence-electron chi connectivity index (χ0n) is 21.8. The van der Waals surface area contributed by atoms with Crippen molar-refractivity contribution in [1.82, 2.24) is 0 Å². The molecule has 3 unspecified atom stereocenters. The molecule has 180 valence electrons. The van der Waals surface area contributed by atoms with Gasteiger partial charge in [-0.2, -0.15) is 0 Å². The van der Waals surface area contributed by atoms with Gasteiger partial charge in [-0.3, -0.25) is 0 Å². The van der Waals surface area contributed by atoms with Crippen LogP contribution in [0.3, 0.4) is 0 Å². The smallest absolute Gasteiger partial charge is 0.0639 e. The lowest BCUT2D eigenvalue weighted by Crippen LogP contribution is -2.54. The monoisotopic (exact) mass is 440 g/mol. The van der Waals surface area contributed by atoms with Crippen LogP contribution in [0, 0.1) is 39.4 Å². The molecule has 7 atom stereocenters. The van der Waals surface area contributed by atoms with Gasteiger partial charge in [-0.25, -0.2) is 0 Å². The molecule has 32 heavy (non-hydrogen) atoms. The van der Waals surface area contributed by atoms with Crippen molar-refractivity contribution in [2.24, 2.45) is 39.4 Å². The highest BCUT2D eigenvalue weighted by atomic mass is 16.3. The average Bonchev–Trinajstić information content (AvgIpc) is 3.02. The van der Waals surface area contributed by atoms with Gasteiger partial charge in [-0.05, 0) is 109 Å². The molecule has 0 heterocycles. The quantitative estimate of drug-likeness (QED) is 0.443. The van der Waals surface area contributed by atoms with Crippen LogP contribution in [-0.4, -0.2) is 22.9 Å². The lowest BCUT2D eigenvalue weighted by molar-refractivity contribution is -0.0851. The summed E-state index contributed by atoms with van der Waals surface area (Å²) < 4.78 is 0. The van der Waals surface area contributed by atoms with E-state index in [1.807, 2.05) is 6.92 Å². The summed E-state index contributed by atoms with van der Waals surface area (Å²) in [4.78, 5) is 0. The standard InChI is InChI=1S/C30H48O2/c1-20(19-31)9-8-10-21(2)22-13-17-30(7)24-11-12-25-27(3,4)26(32)15-16-28(25,5)23(24)14-18-29(22,30)6/h9,11,14,21-22,25-26,31-32H,8,10,12-13,15-19H2,1-7H3/t21?,22?,25-,26?,28+,29+,30-/m0/s1. The van der Waals surface area contributed by atoms with Gasteiger partial charge < -0.3 is 10.2 Å². The molecule has 4 aliphatic carbocycles. The van der Waals surface area contributed by atoms with Crippen LogP contribution < -0.4 is 0 Å². The molecule has 0 spiro atoms. The van der Waals surface area contributed by atoms with E-state index < -0.39 is 0 Å². The summed E-state index contributed by atoms with van der Waals surface area (Å²) in [5.74, 6) is 1.99. The zero-order chi connectivity index (χ0) is 23.5. The summed E-state index contributed by atoms with van der Waals surface area (Å²) in [6, 6.07) is 0. The second-order valence-electron chi connectivity index (χ2n) is 13.2. The van der Waals surface area contributed by atoms with Crippen molar-refractivity contribution < 1.29 is 10.2 Å². The van der Waals surface area contributed by atoms with Crippen LogP contribution in [0.4, 0.5) is 0 Å². The largest absolute Gasteiger partial charge is 0.393 e. The van der Waals surface area contributed by atoms with E-state index in [0.717, 1.165) is 37.2 Å². The van der Waals surface area contributed by atoms with Crippen LogP contribution in [0.1, 0.15) is 99.8 Å². The van der Waals surface area contributed by atoms with Crippen LogP contribution >= 0.6 is 0 Å². The molecule has 2 heteroatoms. The van der Waals surface area contributed by atoms with Crippen LogP contribution in [0.5, 0.6) is 0 Å². The number of fused-ring (bicyclic) bond motifs is 5. The first-order chi connectivity index (χ1) is 14.9. The molecule has 4 aliphatic rings. The minimum absolute atomic E-state index is 0.0233. The minimum Gasteiger partial charge on any atom is -0.393 e. The Hall–Kier alpha value is -0.860. The number of aliphatic hydroxyl groups is 2. The average molecular weight is 441 g/mol. The van der Waals surface area contributed by atoms with Crippen molar-refractivity contribution in [2.45, 2.75) is 106 Å². The fourth-order valence-electron chi connectivity index (χ4n) is 8.80. The van der Waals surface area contributed by atoms with Crippen molar-refractivity contribution in [3.05, 3.63) is 34.9 Å². The van der Waals surface area contributed by atoms with E-state index in [0.29, 0.717) is 17.3 Å². The molecule has 0 bridgehead atoms. The van der Waals surface area contributed by atoms with Crippen LogP contribution in [0.2, 0.25) is 0 Å². The summed E-state index contributed by atoms with van der Waals surface area (Å²) in [5.41, 5.74) is 5.18.